The number of hydrogen-bond donors (Lipinski definition) is 2. The number of anilines is 1. The zero-order chi connectivity index (χ0) is 25.0. The zero-order valence-corrected chi connectivity index (χ0v) is 20.3. The Kier molecular flexibility index (Phi) is 5.40. The lowest BCUT2D eigenvalue weighted by molar-refractivity contribution is 0.0697. The summed E-state index contributed by atoms with van der Waals surface area (Å²) >= 11 is 1.36. The number of aryl methyl sites for hydroxylation is 2. The number of nitrogens with one attached hydrogen (secondary N) is 1. The molecule has 5 aromatic rings. The molecule has 0 aliphatic carbocycles. The minimum absolute atomic E-state index is 0.157. The molecule has 0 aliphatic rings. The lowest BCUT2D eigenvalue weighted by Crippen LogP contribution is -2.20. The largest absolute Gasteiger partial charge is 0.478 e. The van der Waals surface area contributed by atoms with Crippen LogP contribution in [0.4, 0.5) is 10.1 Å². The van der Waals surface area contributed by atoms with E-state index >= 15 is 0 Å². The Morgan fingerprint density at radius 1 is 1.20 bits per heavy atom. The first-order valence-corrected chi connectivity index (χ1v) is 11.7. The molecule has 10 heteroatoms. The van der Waals surface area contributed by atoms with Crippen LogP contribution in [0.1, 0.15) is 33.8 Å². The van der Waals surface area contributed by atoms with Gasteiger partial charge >= 0.3 is 5.97 Å². The predicted octanol–water partition coefficient (Wildman–Crippen LogP) is 4.87. The summed E-state index contributed by atoms with van der Waals surface area (Å²) in [6.45, 7) is 3.77. The molecule has 2 N–H and O–H groups in total. The second kappa shape index (κ2) is 8.31. The molecule has 0 amide bonds. The summed E-state index contributed by atoms with van der Waals surface area (Å²) in [6, 6.07) is 9.02. The Morgan fingerprint density at radius 3 is 2.71 bits per heavy atom. The van der Waals surface area contributed by atoms with Gasteiger partial charge in [0.15, 0.2) is 0 Å². The molecule has 178 valence electrons. The van der Waals surface area contributed by atoms with E-state index in [4.69, 9.17) is 4.98 Å². The van der Waals surface area contributed by atoms with E-state index in [-0.39, 0.29) is 22.9 Å². The van der Waals surface area contributed by atoms with Gasteiger partial charge in [0.05, 0.1) is 28.8 Å². The van der Waals surface area contributed by atoms with Crippen LogP contribution in [0.2, 0.25) is 0 Å². The van der Waals surface area contributed by atoms with Gasteiger partial charge in [-0.2, -0.15) is 5.10 Å². The SMILES string of the molecule is Cc1sc2c(=O)n(C)c(-c3ccc4c(cnn4C)c3)nc2c1C(C)Nc1ccc(F)cc1C(=O)O. The molecule has 0 fully saturated rings. The molecule has 2 aromatic carbocycles. The second-order valence-corrected chi connectivity index (χ2v) is 9.68. The third-order valence-corrected chi connectivity index (χ3v) is 7.26. The van der Waals surface area contributed by atoms with Crippen LogP contribution in [0.25, 0.3) is 32.5 Å². The molecule has 1 unspecified atom stereocenters. The maximum atomic E-state index is 13.6. The van der Waals surface area contributed by atoms with E-state index in [2.05, 4.69) is 10.4 Å². The standard InChI is InChI=1S/C25H22FN5O3S/c1-12(28-18-7-6-16(26)10-17(18)25(33)34)20-13(2)35-22-21(20)29-23(30(3)24(22)32)14-5-8-19-15(9-14)11-27-31(19)4/h5-12,28H,1-4H3,(H,33,34). The van der Waals surface area contributed by atoms with Gasteiger partial charge in [0.2, 0.25) is 0 Å². The van der Waals surface area contributed by atoms with Gasteiger partial charge in [-0.3, -0.25) is 14.0 Å². The second-order valence-electron chi connectivity index (χ2n) is 8.45. The first-order valence-electron chi connectivity index (χ1n) is 10.9. The molecule has 3 aromatic heterocycles. The van der Waals surface area contributed by atoms with Gasteiger partial charge in [0.25, 0.3) is 5.56 Å². The van der Waals surface area contributed by atoms with Crippen LogP contribution in [0.15, 0.2) is 47.4 Å². The molecule has 8 nitrogen and oxygen atoms in total. The van der Waals surface area contributed by atoms with Crippen LogP contribution >= 0.6 is 11.3 Å². The molecule has 0 aliphatic heterocycles. The van der Waals surface area contributed by atoms with Gasteiger partial charge in [0.1, 0.15) is 16.3 Å². The van der Waals surface area contributed by atoms with Gasteiger partial charge in [-0.05, 0) is 50.2 Å². The minimum Gasteiger partial charge on any atom is -0.478 e. The van der Waals surface area contributed by atoms with E-state index < -0.39 is 11.8 Å². The first-order chi connectivity index (χ1) is 16.7. The number of aromatic carboxylic acids is 1. The number of thiophene rings is 1. The van der Waals surface area contributed by atoms with Crippen molar-refractivity contribution in [1.29, 1.82) is 0 Å². The molecule has 35 heavy (non-hydrogen) atoms. The van der Waals surface area contributed by atoms with E-state index in [0.717, 1.165) is 33.0 Å². The fourth-order valence-corrected chi connectivity index (χ4v) is 5.59. The number of nitrogens with zero attached hydrogens (tertiary/aromatic N) is 4. The maximum Gasteiger partial charge on any atom is 0.337 e. The highest BCUT2D eigenvalue weighted by Crippen LogP contribution is 2.35. The number of carboxylic acid groups (broad SMARTS) is 1. The van der Waals surface area contributed by atoms with Crippen molar-refractivity contribution in [2.45, 2.75) is 19.9 Å². The molecule has 1 atom stereocenters. The molecule has 0 saturated carbocycles. The summed E-state index contributed by atoms with van der Waals surface area (Å²) in [5, 5.41) is 17.9. The van der Waals surface area contributed by atoms with Crippen molar-refractivity contribution in [1.82, 2.24) is 19.3 Å². The smallest absolute Gasteiger partial charge is 0.337 e. The quantitative estimate of drug-likeness (QED) is 0.364. The molecular weight excluding hydrogens is 469 g/mol. The number of fused-ring (bicyclic) bond motifs is 2. The van der Waals surface area contributed by atoms with Crippen LogP contribution in [0, 0.1) is 12.7 Å². The van der Waals surface area contributed by atoms with E-state index in [1.807, 2.05) is 39.1 Å². The monoisotopic (exact) mass is 491 g/mol. The number of halogens is 1. The van der Waals surface area contributed by atoms with E-state index in [1.165, 1.54) is 23.5 Å². The highest BCUT2D eigenvalue weighted by atomic mass is 32.1. The Morgan fingerprint density at radius 2 is 1.97 bits per heavy atom. The average molecular weight is 492 g/mol. The number of carboxylic acids is 1. The summed E-state index contributed by atoms with van der Waals surface area (Å²) in [6.07, 6.45) is 1.77. The molecular formula is C25H22FN5O3S. The number of aromatic nitrogens is 4. The van der Waals surface area contributed by atoms with Crippen LogP contribution in [-0.2, 0) is 14.1 Å². The highest BCUT2D eigenvalue weighted by Gasteiger charge is 2.23. The fourth-order valence-electron chi connectivity index (χ4n) is 4.43. The molecule has 0 radical (unpaired) electrons. The maximum absolute atomic E-state index is 13.6. The number of hydrogen-bond acceptors (Lipinski definition) is 6. The number of benzene rings is 2. The van der Waals surface area contributed by atoms with Crippen molar-refractivity contribution in [3.8, 4) is 11.4 Å². The van der Waals surface area contributed by atoms with Gasteiger partial charge in [-0.1, -0.05) is 0 Å². The van der Waals surface area contributed by atoms with Gasteiger partial charge < -0.3 is 10.4 Å². The summed E-state index contributed by atoms with van der Waals surface area (Å²) in [7, 11) is 3.57. The summed E-state index contributed by atoms with van der Waals surface area (Å²) in [4.78, 5) is 30.7. The van der Waals surface area contributed by atoms with Crippen molar-refractivity contribution >= 4 is 44.1 Å². The van der Waals surface area contributed by atoms with Crippen LogP contribution in [0.5, 0.6) is 0 Å². The average Bonchev–Trinajstić information content (AvgIpc) is 3.36. The summed E-state index contributed by atoms with van der Waals surface area (Å²) < 4.78 is 17.5. The molecule has 0 bridgehead atoms. The Bertz CT molecular complexity index is 1700. The van der Waals surface area contributed by atoms with Crippen molar-refractivity contribution in [3.05, 3.63) is 74.8 Å². The first kappa shape index (κ1) is 22.7. The predicted molar refractivity (Wildman–Crippen MR) is 135 cm³/mol. The third kappa shape index (κ3) is 3.75. The van der Waals surface area contributed by atoms with Crippen molar-refractivity contribution in [3.63, 3.8) is 0 Å². The Hall–Kier alpha value is -4.05. The topological polar surface area (TPSA) is 102 Å². The third-order valence-electron chi connectivity index (χ3n) is 6.16. The minimum atomic E-state index is -1.23. The molecule has 5 rings (SSSR count). The lowest BCUT2D eigenvalue weighted by Gasteiger charge is -2.18. The van der Waals surface area contributed by atoms with Crippen molar-refractivity contribution in [2.24, 2.45) is 14.1 Å². The Balaban J connectivity index is 1.64. The Labute approximate surface area is 203 Å². The van der Waals surface area contributed by atoms with Crippen LogP contribution < -0.4 is 10.9 Å². The highest BCUT2D eigenvalue weighted by molar-refractivity contribution is 7.19. The molecule has 3 heterocycles. The molecule has 0 saturated heterocycles. The van der Waals surface area contributed by atoms with E-state index in [9.17, 15) is 19.1 Å². The van der Waals surface area contributed by atoms with Crippen LogP contribution in [0.3, 0.4) is 0 Å². The normalized spacial score (nSPS) is 12.4. The van der Waals surface area contributed by atoms with Gasteiger partial charge in [0, 0.05) is 41.2 Å². The van der Waals surface area contributed by atoms with Crippen molar-refractivity contribution in [2.75, 3.05) is 5.32 Å². The van der Waals surface area contributed by atoms with Gasteiger partial charge in [-0.15, -0.1) is 11.3 Å². The number of carbonyl (C=O) groups is 1. The number of rotatable bonds is 5. The van der Waals surface area contributed by atoms with Gasteiger partial charge in [-0.25, -0.2) is 14.2 Å². The fraction of sp³-hybridized carbons (Fsp3) is 0.200. The molecule has 0 spiro atoms. The summed E-state index contributed by atoms with van der Waals surface area (Å²) in [5.41, 5.74) is 3.09. The van der Waals surface area contributed by atoms with E-state index in [1.54, 1.807) is 22.5 Å². The van der Waals surface area contributed by atoms with E-state index in [0.29, 0.717) is 16.0 Å². The zero-order valence-electron chi connectivity index (χ0n) is 19.5. The summed E-state index contributed by atoms with van der Waals surface area (Å²) in [5.74, 6) is -1.34. The lowest BCUT2D eigenvalue weighted by atomic mass is 10.1. The van der Waals surface area contributed by atoms with Crippen molar-refractivity contribution < 1.29 is 14.3 Å². The van der Waals surface area contributed by atoms with Crippen LogP contribution in [-0.4, -0.2) is 30.4 Å².